The van der Waals surface area contributed by atoms with Gasteiger partial charge in [-0.15, -0.1) is 0 Å². The second-order valence-electron chi connectivity index (χ2n) is 4.88. The Kier molecular flexibility index (Phi) is 3.42. The first-order valence-corrected chi connectivity index (χ1v) is 8.02. The summed E-state index contributed by atoms with van der Waals surface area (Å²) in [4.78, 5) is 0. The zero-order chi connectivity index (χ0) is 13.6. The van der Waals surface area contributed by atoms with E-state index in [1.165, 1.54) is 0 Å². The van der Waals surface area contributed by atoms with Crippen LogP contribution >= 0.6 is 23.2 Å². The molecule has 1 aromatic carbocycles. The number of hydrogen-bond acceptors (Lipinski definition) is 4. The van der Waals surface area contributed by atoms with E-state index in [0.717, 1.165) is 0 Å². The molecule has 0 saturated carbocycles. The molecule has 1 aliphatic heterocycles. The Balaban J connectivity index is 2.28. The number of halogens is 2. The zero-order valence-corrected chi connectivity index (χ0v) is 12.2. The second kappa shape index (κ2) is 4.47. The number of anilines is 2. The second-order valence-corrected chi connectivity index (χ2v) is 7.88. The van der Waals surface area contributed by atoms with Gasteiger partial charge in [0.2, 0.25) is 0 Å². The highest BCUT2D eigenvalue weighted by Crippen LogP contribution is 2.34. The van der Waals surface area contributed by atoms with Crippen molar-refractivity contribution in [2.75, 3.05) is 22.6 Å². The lowest BCUT2D eigenvalue weighted by Gasteiger charge is -2.26. The predicted molar refractivity (Wildman–Crippen MR) is 76.2 cm³/mol. The molecule has 1 heterocycles. The molecule has 0 bridgehead atoms. The van der Waals surface area contributed by atoms with Crippen LogP contribution in [0.5, 0.6) is 0 Å². The lowest BCUT2D eigenvalue weighted by molar-refractivity contribution is 0.574. The summed E-state index contributed by atoms with van der Waals surface area (Å²) in [7, 11) is -2.97. The standard InChI is InChI=1S/C11H14Cl2N2O2S/c1-11(2-3-18(16,17)6-11)15-10-5-8(13)7(12)4-9(10)14/h4-5,15H,2-3,6,14H2,1H3. The predicted octanol–water partition coefficient (Wildman–Crippen LogP) is 2.56. The molecule has 100 valence electrons. The molecule has 0 amide bonds. The maximum absolute atomic E-state index is 11.5. The zero-order valence-electron chi connectivity index (χ0n) is 9.83. The Morgan fingerprint density at radius 2 is 1.94 bits per heavy atom. The Morgan fingerprint density at radius 3 is 2.50 bits per heavy atom. The molecule has 1 aromatic rings. The number of sulfone groups is 1. The van der Waals surface area contributed by atoms with E-state index in [1.807, 2.05) is 6.92 Å². The average molecular weight is 309 g/mol. The van der Waals surface area contributed by atoms with Crippen LogP contribution in [-0.2, 0) is 9.84 Å². The van der Waals surface area contributed by atoms with Gasteiger partial charge in [0.05, 0.1) is 32.9 Å². The highest BCUT2D eigenvalue weighted by Gasteiger charge is 2.38. The molecule has 7 heteroatoms. The van der Waals surface area contributed by atoms with E-state index in [0.29, 0.717) is 27.8 Å². The molecular weight excluding hydrogens is 295 g/mol. The van der Waals surface area contributed by atoms with E-state index in [1.54, 1.807) is 12.1 Å². The van der Waals surface area contributed by atoms with Crippen LogP contribution < -0.4 is 11.1 Å². The van der Waals surface area contributed by atoms with Gasteiger partial charge >= 0.3 is 0 Å². The monoisotopic (exact) mass is 308 g/mol. The van der Waals surface area contributed by atoms with E-state index in [-0.39, 0.29) is 11.5 Å². The van der Waals surface area contributed by atoms with Gasteiger partial charge in [-0.05, 0) is 25.5 Å². The van der Waals surface area contributed by atoms with E-state index in [2.05, 4.69) is 5.32 Å². The van der Waals surface area contributed by atoms with Gasteiger partial charge in [0.15, 0.2) is 9.84 Å². The highest BCUT2D eigenvalue weighted by molar-refractivity contribution is 7.91. The molecule has 1 unspecified atom stereocenters. The lowest BCUT2D eigenvalue weighted by Crippen LogP contribution is -2.36. The largest absolute Gasteiger partial charge is 0.397 e. The lowest BCUT2D eigenvalue weighted by atomic mass is 10.0. The minimum atomic E-state index is -2.97. The van der Waals surface area contributed by atoms with Crippen molar-refractivity contribution in [1.82, 2.24) is 0 Å². The number of hydrogen-bond donors (Lipinski definition) is 2. The van der Waals surface area contributed by atoms with Crippen LogP contribution in [0.4, 0.5) is 11.4 Å². The first-order valence-electron chi connectivity index (χ1n) is 5.44. The summed E-state index contributed by atoms with van der Waals surface area (Å²) in [5.74, 6) is 0.289. The summed E-state index contributed by atoms with van der Waals surface area (Å²) in [6.45, 7) is 1.86. The summed E-state index contributed by atoms with van der Waals surface area (Å²) in [6.07, 6.45) is 0.551. The van der Waals surface area contributed by atoms with Crippen molar-refractivity contribution in [3.63, 3.8) is 0 Å². The molecule has 0 aromatic heterocycles. The van der Waals surface area contributed by atoms with Gasteiger partial charge in [-0.1, -0.05) is 23.2 Å². The number of nitrogens with one attached hydrogen (secondary N) is 1. The Hall–Kier alpha value is -0.650. The number of nitrogens with two attached hydrogens (primary N) is 1. The van der Waals surface area contributed by atoms with Gasteiger partial charge in [0.25, 0.3) is 0 Å². The van der Waals surface area contributed by atoms with Crippen LogP contribution in [0.3, 0.4) is 0 Å². The molecule has 18 heavy (non-hydrogen) atoms. The van der Waals surface area contributed by atoms with Gasteiger partial charge < -0.3 is 11.1 Å². The molecule has 2 rings (SSSR count). The average Bonchev–Trinajstić information content (AvgIpc) is 2.50. The summed E-state index contributed by atoms with van der Waals surface area (Å²) >= 11 is 11.8. The van der Waals surface area contributed by atoms with Crippen molar-refractivity contribution in [2.24, 2.45) is 0 Å². The molecule has 3 N–H and O–H groups in total. The van der Waals surface area contributed by atoms with Gasteiger partial charge in [-0.25, -0.2) is 8.42 Å². The first kappa shape index (κ1) is 13.8. The topological polar surface area (TPSA) is 72.2 Å². The normalized spacial score (nSPS) is 26.2. The molecule has 0 aliphatic carbocycles. The highest BCUT2D eigenvalue weighted by atomic mass is 35.5. The number of nitrogen functional groups attached to an aromatic ring is 1. The fourth-order valence-corrected chi connectivity index (χ4v) is 4.53. The van der Waals surface area contributed by atoms with Gasteiger partial charge in [0.1, 0.15) is 0 Å². The SMILES string of the molecule is CC1(Nc2cc(Cl)c(Cl)cc2N)CCS(=O)(=O)C1. The molecule has 1 fully saturated rings. The third kappa shape index (κ3) is 2.84. The molecule has 0 spiro atoms. The molecule has 1 saturated heterocycles. The van der Waals surface area contributed by atoms with Crippen LogP contribution in [0.2, 0.25) is 10.0 Å². The smallest absolute Gasteiger partial charge is 0.152 e. The van der Waals surface area contributed by atoms with Crippen molar-refractivity contribution in [2.45, 2.75) is 18.9 Å². The van der Waals surface area contributed by atoms with E-state index in [9.17, 15) is 8.42 Å². The van der Waals surface area contributed by atoms with Crippen LogP contribution in [0.15, 0.2) is 12.1 Å². The van der Waals surface area contributed by atoms with Crippen LogP contribution in [0, 0.1) is 0 Å². The van der Waals surface area contributed by atoms with Gasteiger partial charge in [-0.2, -0.15) is 0 Å². The summed E-state index contributed by atoms with van der Waals surface area (Å²) in [5, 5.41) is 3.93. The Morgan fingerprint density at radius 1 is 1.33 bits per heavy atom. The molecular formula is C11H14Cl2N2O2S. The third-order valence-corrected chi connectivity index (χ3v) is 5.66. The molecule has 1 atom stereocenters. The van der Waals surface area contributed by atoms with Crippen LogP contribution in [0.1, 0.15) is 13.3 Å². The minimum absolute atomic E-state index is 0.0969. The maximum atomic E-state index is 11.5. The fourth-order valence-electron chi connectivity index (χ4n) is 2.10. The number of rotatable bonds is 2. The minimum Gasteiger partial charge on any atom is -0.397 e. The fraction of sp³-hybridized carbons (Fsp3) is 0.455. The van der Waals surface area contributed by atoms with E-state index >= 15 is 0 Å². The van der Waals surface area contributed by atoms with Crippen molar-refractivity contribution >= 4 is 44.4 Å². The summed E-state index contributed by atoms with van der Waals surface area (Å²) in [6, 6.07) is 3.18. The van der Waals surface area contributed by atoms with E-state index < -0.39 is 15.4 Å². The summed E-state index contributed by atoms with van der Waals surface area (Å²) in [5.41, 5.74) is 6.40. The first-order chi connectivity index (χ1) is 8.21. The van der Waals surface area contributed by atoms with Crippen LogP contribution in [-0.4, -0.2) is 25.5 Å². The molecule has 1 aliphatic rings. The van der Waals surface area contributed by atoms with Crippen LogP contribution in [0.25, 0.3) is 0 Å². The van der Waals surface area contributed by atoms with Gasteiger partial charge in [0, 0.05) is 5.54 Å². The van der Waals surface area contributed by atoms with Crippen molar-refractivity contribution in [3.05, 3.63) is 22.2 Å². The van der Waals surface area contributed by atoms with Gasteiger partial charge in [-0.3, -0.25) is 0 Å². The van der Waals surface area contributed by atoms with Crippen molar-refractivity contribution < 1.29 is 8.42 Å². The molecule has 4 nitrogen and oxygen atoms in total. The quantitative estimate of drug-likeness (QED) is 0.824. The Bertz CT molecular complexity index is 589. The van der Waals surface area contributed by atoms with E-state index in [4.69, 9.17) is 28.9 Å². The van der Waals surface area contributed by atoms with Crippen molar-refractivity contribution in [1.29, 1.82) is 0 Å². The third-order valence-electron chi connectivity index (χ3n) is 3.03. The maximum Gasteiger partial charge on any atom is 0.152 e. The van der Waals surface area contributed by atoms with Crippen molar-refractivity contribution in [3.8, 4) is 0 Å². The molecule has 0 radical (unpaired) electrons. The number of benzene rings is 1. The Labute approximate surface area is 116 Å². The summed E-state index contributed by atoms with van der Waals surface area (Å²) < 4.78 is 23.0.